The van der Waals surface area contributed by atoms with E-state index in [2.05, 4.69) is 4.98 Å². The van der Waals surface area contributed by atoms with Crippen LogP contribution in [0.1, 0.15) is 32.0 Å². The summed E-state index contributed by atoms with van der Waals surface area (Å²) in [6.07, 6.45) is 6.16. The van der Waals surface area contributed by atoms with Crippen molar-refractivity contribution in [1.29, 1.82) is 0 Å². The number of piperidine rings is 1. The zero-order chi connectivity index (χ0) is 24.0. The number of morpholine rings is 1. The minimum Gasteiger partial charge on any atom is -0.493 e. The smallest absolute Gasteiger partial charge is 0.242 e. The van der Waals surface area contributed by atoms with Gasteiger partial charge in [-0.25, -0.2) is 9.37 Å². The number of carbonyl (C=O) groups is 2. The fourth-order valence-corrected chi connectivity index (χ4v) is 4.79. The van der Waals surface area contributed by atoms with E-state index in [-0.39, 0.29) is 30.8 Å². The second kappa shape index (κ2) is 11.0. The normalized spacial score (nSPS) is 20.9. The summed E-state index contributed by atoms with van der Waals surface area (Å²) < 4.78 is 26.6. The first kappa shape index (κ1) is 24.2. The monoisotopic (exact) mass is 472 g/mol. The molecule has 34 heavy (non-hydrogen) atoms. The Morgan fingerprint density at radius 3 is 2.62 bits per heavy atom. The van der Waals surface area contributed by atoms with Gasteiger partial charge in [-0.3, -0.25) is 9.59 Å². The van der Waals surface area contributed by atoms with Crippen molar-refractivity contribution < 1.29 is 23.5 Å². The van der Waals surface area contributed by atoms with Crippen molar-refractivity contribution in [2.45, 2.75) is 39.2 Å². The molecule has 184 valence electrons. The molecule has 1 aromatic heterocycles. The summed E-state index contributed by atoms with van der Waals surface area (Å²) in [6, 6.07) is 5.88. The fourth-order valence-electron chi connectivity index (χ4n) is 4.79. The van der Waals surface area contributed by atoms with Gasteiger partial charge < -0.3 is 23.8 Å². The van der Waals surface area contributed by atoms with Crippen LogP contribution in [0.2, 0.25) is 0 Å². The molecular formula is C25H33FN4O4. The van der Waals surface area contributed by atoms with Gasteiger partial charge in [0.25, 0.3) is 0 Å². The standard InChI is InChI=1S/C25H33FN4O4/c1-2-22-27-9-11-29(22)17-24(32)30-10-3-8-25(18-30,16-23(31)28-12-14-33-15-13-28)19-34-21-6-4-20(26)5-7-21/h4-7,9,11H,2-3,8,10,12-19H2,1H3. The first-order valence-corrected chi connectivity index (χ1v) is 12.0. The van der Waals surface area contributed by atoms with Gasteiger partial charge in [-0.1, -0.05) is 6.92 Å². The highest BCUT2D eigenvalue weighted by molar-refractivity contribution is 5.78. The van der Waals surface area contributed by atoms with Gasteiger partial charge in [0.2, 0.25) is 11.8 Å². The Hall–Kier alpha value is -2.94. The Balaban J connectivity index is 1.48. The van der Waals surface area contributed by atoms with E-state index >= 15 is 0 Å². The van der Waals surface area contributed by atoms with Gasteiger partial charge in [-0.15, -0.1) is 0 Å². The van der Waals surface area contributed by atoms with Gasteiger partial charge in [0, 0.05) is 56.8 Å². The highest BCUT2D eigenvalue weighted by atomic mass is 19.1. The van der Waals surface area contributed by atoms with Crippen LogP contribution < -0.4 is 4.74 Å². The number of nitrogens with zero attached hydrogens (tertiary/aromatic N) is 4. The highest BCUT2D eigenvalue weighted by Crippen LogP contribution is 2.35. The van der Waals surface area contributed by atoms with Crippen molar-refractivity contribution >= 4 is 11.8 Å². The number of aryl methyl sites for hydroxylation is 1. The van der Waals surface area contributed by atoms with Gasteiger partial charge >= 0.3 is 0 Å². The number of imidazole rings is 1. The predicted molar refractivity (Wildman–Crippen MR) is 124 cm³/mol. The third-order valence-electron chi connectivity index (χ3n) is 6.69. The molecule has 2 amide bonds. The molecule has 1 atom stereocenters. The third kappa shape index (κ3) is 5.94. The molecule has 2 aliphatic rings. The van der Waals surface area contributed by atoms with Gasteiger partial charge in [0.15, 0.2) is 0 Å². The van der Waals surface area contributed by atoms with Crippen LogP contribution in [-0.2, 0) is 27.3 Å². The molecule has 8 nitrogen and oxygen atoms in total. The van der Waals surface area contributed by atoms with Crippen molar-refractivity contribution in [3.8, 4) is 5.75 Å². The molecular weight excluding hydrogens is 439 g/mol. The van der Waals surface area contributed by atoms with Gasteiger partial charge in [-0.05, 0) is 37.1 Å². The highest BCUT2D eigenvalue weighted by Gasteiger charge is 2.41. The van der Waals surface area contributed by atoms with Crippen LogP contribution in [0.15, 0.2) is 36.7 Å². The maximum atomic E-state index is 13.3. The molecule has 0 bridgehead atoms. The van der Waals surface area contributed by atoms with Crippen molar-refractivity contribution in [2.75, 3.05) is 46.0 Å². The molecule has 1 unspecified atom stereocenters. The molecule has 1 aromatic carbocycles. The van der Waals surface area contributed by atoms with Crippen molar-refractivity contribution in [3.63, 3.8) is 0 Å². The van der Waals surface area contributed by atoms with E-state index in [0.717, 1.165) is 25.1 Å². The maximum absolute atomic E-state index is 13.3. The summed E-state index contributed by atoms with van der Waals surface area (Å²) in [5.74, 6) is 1.17. The van der Waals surface area contributed by atoms with Crippen molar-refractivity contribution in [2.24, 2.45) is 5.41 Å². The van der Waals surface area contributed by atoms with E-state index < -0.39 is 5.41 Å². The largest absolute Gasteiger partial charge is 0.493 e. The molecule has 2 saturated heterocycles. The van der Waals surface area contributed by atoms with Gasteiger partial charge in [0.1, 0.15) is 23.9 Å². The van der Waals surface area contributed by atoms with E-state index in [1.165, 1.54) is 12.1 Å². The molecule has 9 heteroatoms. The molecule has 3 heterocycles. The second-order valence-electron chi connectivity index (χ2n) is 9.16. The first-order valence-electron chi connectivity index (χ1n) is 12.0. The number of halogens is 1. The van der Waals surface area contributed by atoms with Crippen LogP contribution in [0.4, 0.5) is 4.39 Å². The predicted octanol–water partition coefficient (Wildman–Crippen LogP) is 2.52. The average Bonchev–Trinajstić information content (AvgIpc) is 3.31. The zero-order valence-electron chi connectivity index (χ0n) is 19.7. The Kier molecular flexibility index (Phi) is 7.82. The molecule has 0 saturated carbocycles. The van der Waals surface area contributed by atoms with Gasteiger partial charge in [-0.2, -0.15) is 0 Å². The third-order valence-corrected chi connectivity index (χ3v) is 6.69. The molecule has 2 fully saturated rings. The number of amides is 2. The fraction of sp³-hybridized carbons (Fsp3) is 0.560. The average molecular weight is 473 g/mol. The Morgan fingerprint density at radius 2 is 1.88 bits per heavy atom. The minimum absolute atomic E-state index is 0.0115. The number of rotatable bonds is 8. The van der Waals surface area contributed by atoms with Crippen LogP contribution in [0.3, 0.4) is 0 Å². The van der Waals surface area contributed by atoms with Crippen LogP contribution in [0, 0.1) is 11.2 Å². The van der Waals surface area contributed by atoms with E-state index in [1.54, 1.807) is 18.3 Å². The Bertz CT molecular complexity index is 974. The summed E-state index contributed by atoms with van der Waals surface area (Å²) in [5.41, 5.74) is -0.514. The Labute approximate surface area is 199 Å². The SMILES string of the molecule is CCc1nccn1CC(=O)N1CCCC(COc2ccc(F)cc2)(CC(=O)N2CCOCC2)C1. The summed E-state index contributed by atoms with van der Waals surface area (Å²) >= 11 is 0. The number of carbonyl (C=O) groups excluding carboxylic acids is 2. The van der Waals surface area contributed by atoms with Crippen LogP contribution in [0.5, 0.6) is 5.75 Å². The van der Waals surface area contributed by atoms with Crippen molar-refractivity contribution in [3.05, 3.63) is 48.3 Å². The molecule has 0 N–H and O–H groups in total. The lowest BCUT2D eigenvalue weighted by Gasteiger charge is -2.43. The quantitative estimate of drug-likeness (QED) is 0.590. The summed E-state index contributed by atoms with van der Waals surface area (Å²) in [6.45, 7) is 5.87. The lowest BCUT2D eigenvalue weighted by molar-refractivity contribution is -0.144. The lowest BCUT2D eigenvalue weighted by atomic mass is 9.77. The molecule has 0 spiro atoms. The molecule has 0 radical (unpaired) electrons. The van der Waals surface area contributed by atoms with Crippen LogP contribution in [0.25, 0.3) is 0 Å². The zero-order valence-corrected chi connectivity index (χ0v) is 19.7. The number of hydrogen-bond donors (Lipinski definition) is 0. The van der Waals surface area contributed by atoms with Crippen molar-refractivity contribution in [1.82, 2.24) is 19.4 Å². The van der Waals surface area contributed by atoms with E-state index in [1.807, 2.05) is 27.5 Å². The molecule has 2 aromatic rings. The topological polar surface area (TPSA) is 76.9 Å². The molecule has 0 aliphatic carbocycles. The number of benzene rings is 1. The lowest BCUT2D eigenvalue weighted by Crippen LogP contribution is -2.52. The van der Waals surface area contributed by atoms with E-state index in [4.69, 9.17) is 9.47 Å². The second-order valence-corrected chi connectivity index (χ2v) is 9.16. The number of hydrogen-bond acceptors (Lipinski definition) is 5. The maximum Gasteiger partial charge on any atom is 0.242 e. The van der Waals surface area contributed by atoms with Gasteiger partial charge in [0.05, 0.1) is 19.8 Å². The number of ether oxygens (including phenoxy) is 2. The summed E-state index contributed by atoms with van der Waals surface area (Å²) in [5, 5.41) is 0. The van der Waals surface area contributed by atoms with Crippen LogP contribution >= 0.6 is 0 Å². The minimum atomic E-state index is -0.514. The van der Waals surface area contributed by atoms with Crippen LogP contribution in [-0.4, -0.2) is 77.2 Å². The molecule has 4 rings (SSSR count). The summed E-state index contributed by atoms with van der Waals surface area (Å²) in [7, 11) is 0. The van der Waals surface area contributed by atoms with E-state index in [9.17, 15) is 14.0 Å². The Morgan fingerprint density at radius 1 is 1.12 bits per heavy atom. The molecule has 2 aliphatic heterocycles. The first-order chi connectivity index (χ1) is 16.5. The van der Waals surface area contributed by atoms with E-state index in [0.29, 0.717) is 51.6 Å². The summed E-state index contributed by atoms with van der Waals surface area (Å²) in [4.78, 5) is 34.4. The number of aromatic nitrogens is 2. The number of likely N-dealkylation sites (tertiary alicyclic amines) is 1.